The van der Waals surface area contributed by atoms with Gasteiger partial charge in [0, 0.05) is 0 Å². The molecule has 0 aromatic carbocycles. The molecule has 0 aliphatic rings. The fraction of sp³-hybridized carbons (Fsp3) is 0.917. The van der Waals surface area contributed by atoms with E-state index in [-0.39, 0.29) is 6.42 Å². The molecule has 0 atom stereocenters. The minimum absolute atomic E-state index is 0.199. The quantitative estimate of drug-likeness (QED) is 0.479. The summed E-state index contributed by atoms with van der Waals surface area (Å²) >= 11 is 0. The molecule has 0 amide bonds. The third kappa shape index (κ3) is 4.23. The van der Waals surface area contributed by atoms with Gasteiger partial charge in [0.25, 0.3) is 0 Å². The van der Waals surface area contributed by atoms with Crippen LogP contribution in [-0.4, -0.2) is 36.5 Å². The Morgan fingerprint density at radius 1 is 0.870 bits per heavy atom. The maximum atomic E-state index is 13.1. The summed E-state index contributed by atoms with van der Waals surface area (Å²) in [6.45, 7) is 2.80. The number of alkyl halides is 9. The van der Waals surface area contributed by atoms with Gasteiger partial charge in [0.2, 0.25) is 0 Å². The Kier molecular flexibility index (Phi) is 6.06. The van der Waals surface area contributed by atoms with Gasteiger partial charge in [-0.2, -0.15) is 39.5 Å². The second-order valence-corrected chi connectivity index (χ2v) is 5.47. The lowest BCUT2D eigenvalue weighted by atomic mass is 9.91. The third-order valence-corrected chi connectivity index (χ3v) is 3.30. The third-order valence-electron chi connectivity index (χ3n) is 3.30. The molecule has 0 bridgehead atoms. The Bertz CT molecular complexity index is 427. The molecule has 0 fully saturated rings. The molecule has 0 radical (unpaired) electrons. The number of halogens is 9. The molecule has 0 aliphatic carbocycles. The molecule has 0 N–H and O–H groups in total. The van der Waals surface area contributed by atoms with Crippen molar-refractivity contribution in [2.45, 2.75) is 57.6 Å². The van der Waals surface area contributed by atoms with E-state index in [1.807, 2.05) is 0 Å². The average Bonchev–Trinajstić information content (AvgIpc) is 2.36. The smallest absolute Gasteiger partial charge is 0.460 e. The monoisotopic (exact) mass is 362 g/mol. The fourth-order valence-electron chi connectivity index (χ4n) is 1.18. The van der Waals surface area contributed by atoms with Gasteiger partial charge in [0.1, 0.15) is 0 Å². The largest absolute Gasteiger partial charge is 0.465 e. The maximum Gasteiger partial charge on any atom is 0.460 e. The molecule has 0 saturated carbocycles. The van der Waals surface area contributed by atoms with Crippen molar-refractivity contribution < 1.29 is 49.0 Å². The van der Waals surface area contributed by atoms with Crippen LogP contribution in [0.5, 0.6) is 0 Å². The van der Waals surface area contributed by atoms with Crippen molar-refractivity contribution in [3.05, 3.63) is 0 Å². The molecular formula is C12H15F9O2. The first-order valence-electron chi connectivity index (χ1n) is 6.31. The molecule has 11 heteroatoms. The minimum atomic E-state index is -6.93. The molecule has 0 saturated heterocycles. The van der Waals surface area contributed by atoms with Gasteiger partial charge in [0.05, 0.1) is 18.4 Å². The van der Waals surface area contributed by atoms with Gasteiger partial charge in [0.15, 0.2) is 0 Å². The van der Waals surface area contributed by atoms with Crippen molar-refractivity contribution in [1.29, 1.82) is 0 Å². The van der Waals surface area contributed by atoms with Gasteiger partial charge in [-0.3, -0.25) is 4.79 Å². The van der Waals surface area contributed by atoms with E-state index in [2.05, 4.69) is 4.74 Å². The molecule has 138 valence electrons. The molecular weight excluding hydrogens is 347 g/mol. The predicted molar refractivity (Wildman–Crippen MR) is 60.5 cm³/mol. The number of hydrogen-bond donors (Lipinski definition) is 0. The average molecular weight is 362 g/mol. The normalized spacial score (nSPS) is 14.8. The molecule has 0 aromatic heterocycles. The van der Waals surface area contributed by atoms with E-state index in [1.165, 1.54) is 20.8 Å². The lowest BCUT2D eigenvalue weighted by Crippen LogP contribution is -2.61. The molecule has 2 nitrogen and oxygen atoms in total. The first-order chi connectivity index (χ1) is 9.94. The highest BCUT2D eigenvalue weighted by Crippen LogP contribution is 2.53. The van der Waals surface area contributed by atoms with Crippen molar-refractivity contribution in [3.63, 3.8) is 0 Å². The summed E-state index contributed by atoms with van der Waals surface area (Å²) in [5.41, 5.74) is -1.15. The number of hydrogen-bond acceptors (Lipinski definition) is 2. The maximum absolute atomic E-state index is 13.1. The first-order valence-corrected chi connectivity index (χ1v) is 6.31. The molecule has 0 aliphatic heterocycles. The highest BCUT2D eigenvalue weighted by atomic mass is 19.4. The molecule has 0 spiro atoms. The van der Waals surface area contributed by atoms with Crippen LogP contribution in [0.15, 0.2) is 0 Å². The summed E-state index contributed by atoms with van der Waals surface area (Å²) in [7, 11) is 0. The van der Waals surface area contributed by atoms with Crippen molar-refractivity contribution in [2.24, 2.45) is 5.41 Å². The second kappa shape index (κ2) is 6.39. The van der Waals surface area contributed by atoms with Crippen LogP contribution in [0, 0.1) is 5.41 Å². The zero-order chi connectivity index (χ0) is 18.9. The van der Waals surface area contributed by atoms with Gasteiger partial charge in [-0.05, 0) is 20.3 Å². The summed E-state index contributed by atoms with van der Waals surface area (Å²) in [5, 5.41) is 0. The lowest BCUT2D eigenvalue weighted by molar-refractivity contribution is -0.397. The van der Waals surface area contributed by atoms with E-state index in [0.717, 1.165) is 0 Å². The summed E-state index contributed by atoms with van der Waals surface area (Å²) in [6.07, 6.45) is -8.84. The highest BCUT2D eigenvalue weighted by Gasteiger charge is 2.81. The molecule has 0 unspecified atom stereocenters. The van der Waals surface area contributed by atoms with E-state index < -0.39 is 48.4 Å². The molecule has 0 aromatic rings. The Morgan fingerprint density at radius 3 is 1.65 bits per heavy atom. The number of esters is 1. The van der Waals surface area contributed by atoms with E-state index in [4.69, 9.17) is 0 Å². The van der Waals surface area contributed by atoms with Crippen molar-refractivity contribution in [3.8, 4) is 0 Å². The van der Waals surface area contributed by atoms with Gasteiger partial charge >= 0.3 is 29.9 Å². The minimum Gasteiger partial charge on any atom is -0.465 e. The fourth-order valence-corrected chi connectivity index (χ4v) is 1.18. The van der Waals surface area contributed by atoms with Gasteiger partial charge in [-0.1, -0.05) is 6.92 Å². The molecule has 23 heavy (non-hydrogen) atoms. The van der Waals surface area contributed by atoms with Crippen LogP contribution in [0.4, 0.5) is 39.5 Å². The summed E-state index contributed by atoms with van der Waals surface area (Å²) in [5.74, 6) is -20.4. The van der Waals surface area contributed by atoms with Crippen molar-refractivity contribution >= 4 is 5.97 Å². The zero-order valence-corrected chi connectivity index (χ0v) is 12.3. The number of carbonyl (C=O) groups excluding carboxylic acids is 1. The van der Waals surface area contributed by atoms with Crippen molar-refractivity contribution in [2.75, 3.05) is 6.61 Å². The van der Waals surface area contributed by atoms with Gasteiger partial charge in [-0.25, -0.2) is 0 Å². The SMILES string of the molecule is CCC(C)(C)C(=O)OCCC(F)(F)C(F)(F)C(F)(F)C(F)(F)F. The summed E-state index contributed by atoms with van der Waals surface area (Å²) in [4.78, 5) is 11.4. The standard InChI is InChI=1S/C12H15F9O2/c1-4-8(2,3)7(22)23-6-5-9(13,14)10(15,16)11(17,18)12(19,20)21/h4-6H2,1-3H3. The van der Waals surface area contributed by atoms with E-state index in [0.29, 0.717) is 0 Å². The lowest BCUT2D eigenvalue weighted by Gasteiger charge is -2.33. The number of rotatable bonds is 7. The van der Waals surface area contributed by atoms with E-state index >= 15 is 0 Å². The topological polar surface area (TPSA) is 26.3 Å². The van der Waals surface area contributed by atoms with Crippen LogP contribution in [0.25, 0.3) is 0 Å². The Hall–Kier alpha value is -1.16. The van der Waals surface area contributed by atoms with E-state index in [9.17, 15) is 44.3 Å². The van der Waals surface area contributed by atoms with Crippen LogP contribution in [0.2, 0.25) is 0 Å². The highest BCUT2D eigenvalue weighted by molar-refractivity contribution is 5.75. The van der Waals surface area contributed by atoms with Crippen LogP contribution >= 0.6 is 0 Å². The number of carbonyl (C=O) groups is 1. The van der Waals surface area contributed by atoms with Crippen LogP contribution < -0.4 is 0 Å². The van der Waals surface area contributed by atoms with Gasteiger partial charge < -0.3 is 4.74 Å². The Morgan fingerprint density at radius 2 is 1.30 bits per heavy atom. The molecule has 0 rings (SSSR count). The Balaban J connectivity index is 5.04. The van der Waals surface area contributed by atoms with Crippen LogP contribution in [-0.2, 0) is 9.53 Å². The summed E-state index contributed by atoms with van der Waals surface area (Å²) in [6, 6.07) is 0. The summed E-state index contributed by atoms with van der Waals surface area (Å²) < 4.78 is 117. The van der Waals surface area contributed by atoms with Crippen molar-refractivity contribution in [1.82, 2.24) is 0 Å². The first kappa shape index (κ1) is 21.8. The van der Waals surface area contributed by atoms with Gasteiger partial charge in [-0.15, -0.1) is 0 Å². The Labute approximate surface area is 126 Å². The van der Waals surface area contributed by atoms with E-state index in [1.54, 1.807) is 0 Å². The second-order valence-electron chi connectivity index (χ2n) is 5.47. The van der Waals surface area contributed by atoms with Crippen LogP contribution in [0.3, 0.4) is 0 Å². The van der Waals surface area contributed by atoms with Crippen LogP contribution in [0.1, 0.15) is 33.6 Å². The number of ether oxygens (including phenoxy) is 1. The predicted octanol–water partition coefficient (Wildman–Crippen LogP) is 4.82. The molecule has 0 heterocycles. The zero-order valence-electron chi connectivity index (χ0n) is 12.3.